The molecule has 1 heterocycles. The molecule has 0 bridgehead atoms. The highest BCUT2D eigenvalue weighted by Crippen LogP contribution is 2.24. The van der Waals surface area contributed by atoms with Gasteiger partial charge < -0.3 is 15.2 Å². The molecule has 1 aliphatic heterocycles. The zero-order valence-corrected chi connectivity index (χ0v) is 11.1. The number of aliphatic hydroxyl groups excluding tert-OH is 1. The standard InChI is InChI=1S/C14H22N2O2/c1-11(16-8-6-15-7-9-16)14(17)12-4-3-5-13(10-12)18-2/h3-5,10-11,14-15,17H,6-9H2,1-2H3. The van der Waals surface area contributed by atoms with Gasteiger partial charge in [-0.15, -0.1) is 0 Å². The first-order valence-corrected chi connectivity index (χ1v) is 6.49. The first kappa shape index (κ1) is 13.3. The van der Waals surface area contributed by atoms with Crippen LogP contribution in [-0.4, -0.2) is 49.3 Å². The van der Waals surface area contributed by atoms with Gasteiger partial charge in [-0.25, -0.2) is 0 Å². The summed E-state index contributed by atoms with van der Waals surface area (Å²) in [6, 6.07) is 7.79. The monoisotopic (exact) mass is 250 g/mol. The minimum Gasteiger partial charge on any atom is -0.497 e. The quantitative estimate of drug-likeness (QED) is 0.837. The van der Waals surface area contributed by atoms with E-state index in [1.165, 1.54) is 0 Å². The van der Waals surface area contributed by atoms with E-state index in [-0.39, 0.29) is 6.04 Å². The first-order valence-electron chi connectivity index (χ1n) is 6.49. The number of nitrogens with zero attached hydrogens (tertiary/aromatic N) is 1. The van der Waals surface area contributed by atoms with Crippen LogP contribution >= 0.6 is 0 Å². The second-order valence-corrected chi connectivity index (χ2v) is 4.75. The smallest absolute Gasteiger partial charge is 0.119 e. The van der Waals surface area contributed by atoms with Crippen LogP contribution in [0.1, 0.15) is 18.6 Å². The van der Waals surface area contributed by atoms with Crippen LogP contribution in [0.15, 0.2) is 24.3 Å². The van der Waals surface area contributed by atoms with Gasteiger partial charge in [-0.3, -0.25) is 4.90 Å². The van der Waals surface area contributed by atoms with Crippen molar-refractivity contribution in [2.45, 2.75) is 19.1 Å². The summed E-state index contributed by atoms with van der Waals surface area (Å²) in [5.74, 6) is 0.791. The lowest BCUT2D eigenvalue weighted by Gasteiger charge is -2.35. The van der Waals surface area contributed by atoms with Crippen molar-refractivity contribution in [1.82, 2.24) is 10.2 Å². The highest BCUT2D eigenvalue weighted by atomic mass is 16.5. The van der Waals surface area contributed by atoms with E-state index in [1.54, 1.807) is 7.11 Å². The molecule has 4 nitrogen and oxygen atoms in total. The lowest BCUT2D eigenvalue weighted by atomic mass is 10.0. The van der Waals surface area contributed by atoms with E-state index in [2.05, 4.69) is 17.1 Å². The van der Waals surface area contributed by atoms with Gasteiger partial charge in [0.1, 0.15) is 5.75 Å². The number of hydrogen-bond donors (Lipinski definition) is 2. The SMILES string of the molecule is COc1cccc(C(O)C(C)N2CCNCC2)c1. The molecular weight excluding hydrogens is 228 g/mol. The second kappa shape index (κ2) is 6.18. The van der Waals surface area contributed by atoms with E-state index < -0.39 is 6.10 Å². The van der Waals surface area contributed by atoms with Gasteiger partial charge in [0.25, 0.3) is 0 Å². The molecule has 1 aromatic rings. The molecule has 1 aromatic carbocycles. The molecular formula is C14H22N2O2. The van der Waals surface area contributed by atoms with Crippen LogP contribution in [0.2, 0.25) is 0 Å². The Morgan fingerprint density at radius 3 is 2.72 bits per heavy atom. The van der Waals surface area contributed by atoms with E-state index in [1.807, 2.05) is 24.3 Å². The van der Waals surface area contributed by atoms with Crippen molar-refractivity contribution in [2.75, 3.05) is 33.3 Å². The normalized spacial score (nSPS) is 20.4. The Morgan fingerprint density at radius 2 is 2.06 bits per heavy atom. The number of methoxy groups -OCH3 is 1. The van der Waals surface area contributed by atoms with Crippen molar-refractivity contribution in [1.29, 1.82) is 0 Å². The molecule has 1 fully saturated rings. The van der Waals surface area contributed by atoms with Crippen LogP contribution in [0.4, 0.5) is 0 Å². The highest BCUT2D eigenvalue weighted by Gasteiger charge is 2.24. The lowest BCUT2D eigenvalue weighted by molar-refractivity contribution is 0.0509. The third-order valence-electron chi connectivity index (χ3n) is 3.62. The summed E-state index contributed by atoms with van der Waals surface area (Å²) in [5.41, 5.74) is 0.917. The van der Waals surface area contributed by atoms with Crippen molar-refractivity contribution < 1.29 is 9.84 Å². The maximum absolute atomic E-state index is 10.4. The van der Waals surface area contributed by atoms with Gasteiger partial charge in [-0.1, -0.05) is 12.1 Å². The van der Waals surface area contributed by atoms with Gasteiger partial charge in [-0.05, 0) is 24.6 Å². The number of aliphatic hydroxyl groups is 1. The van der Waals surface area contributed by atoms with Crippen LogP contribution < -0.4 is 10.1 Å². The number of rotatable bonds is 4. The molecule has 0 aromatic heterocycles. The summed E-state index contributed by atoms with van der Waals surface area (Å²) < 4.78 is 5.20. The molecule has 1 aliphatic rings. The molecule has 2 unspecified atom stereocenters. The predicted molar refractivity (Wildman–Crippen MR) is 71.9 cm³/mol. The largest absolute Gasteiger partial charge is 0.497 e. The number of hydrogen-bond acceptors (Lipinski definition) is 4. The summed E-state index contributed by atoms with van der Waals surface area (Å²) in [6.45, 7) is 6.05. The molecule has 0 aliphatic carbocycles. The van der Waals surface area contributed by atoms with Gasteiger partial charge >= 0.3 is 0 Å². The number of benzene rings is 1. The molecule has 2 N–H and O–H groups in total. The Balaban J connectivity index is 2.06. The number of ether oxygens (including phenoxy) is 1. The fourth-order valence-electron chi connectivity index (χ4n) is 2.39. The van der Waals surface area contributed by atoms with Crippen LogP contribution in [0, 0.1) is 0 Å². The summed E-state index contributed by atoms with van der Waals surface area (Å²) in [6.07, 6.45) is -0.474. The zero-order valence-electron chi connectivity index (χ0n) is 11.1. The number of piperazine rings is 1. The fourth-order valence-corrected chi connectivity index (χ4v) is 2.39. The molecule has 0 radical (unpaired) electrons. The molecule has 2 atom stereocenters. The molecule has 18 heavy (non-hydrogen) atoms. The topological polar surface area (TPSA) is 44.7 Å². The molecule has 1 saturated heterocycles. The average Bonchev–Trinajstić information content (AvgIpc) is 2.46. The molecule has 100 valence electrons. The van der Waals surface area contributed by atoms with Crippen molar-refractivity contribution in [3.63, 3.8) is 0 Å². The predicted octanol–water partition coefficient (Wildman–Crippen LogP) is 1.02. The summed E-state index contributed by atoms with van der Waals surface area (Å²) in [4.78, 5) is 2.32. The average molecular weight is 250 g/mol. The van der Waals surface area contributed by atoms with Crippen molar-refractivity contribution in [2.24, 2.45) is 0 Å². The molecule has 0 amide bonds. The Hall–Kier alpha value is -1.10. The highest BCUT2D eigenvalue weighted by molar-refractivity contribution is 5.30. The minimum atomic E-state index is -0.474. The first-order chi connectivity index (χ1) is 8.72. The molecule has 0 spiro atoms. The van der Waals surface area contributed by atoms with E-state index in [0.29, 0.717) is 0 Å². The molecule has 4 heteroatoms. The van der Waals surface area contributed by atoms with Gasteiger partial charge in [-0.2, -0.15) is 0 Å². The van der Waals surface area contributed by atoms with Crippen molar-refractivity contribution in [3.05, 3.63) is 29.8 Å². The summed E-state index contributed by atoms with van der Waals surface area (Å²) in [7, 11) is 1.64. The molecule has 2 rings (SSSR count). The third-order valence-corrected chi connectivity index (χ3v) is 3.62. The van der Waals surface area contributed by atoms with Gasteiger partial charge in [0.15, 0.2) is 0 Å². The van der Waals surface area contributed by atoms with E-state index >= 15 is 0 Å². The number of nitrogens with one attached hydrogen (secondary N) is 1. The fraction of sp³-hybridized carbons (Fsp3) is 0.571. The molecule has 0 saturated carbocycles. The van der Waals surface area contributed by atoms with E-state index in [4.69, 9.17) is 4.74 Å². The maximum Gasteiger partial charge on any atom is 0.119 e. The summed E-state index contributed by atoms with van der Waals surface area (Å²) in [5, 5.41) is 13.8. The van der Waals surface area contributed by atoms with Gasteiger partial charge in [0.2, 0.25) is 0 Å². The van der Waals surface area contributed by atoms with Crippen LogP contribution in [0.3, 0.4) is 0 Å². The van der Waals surface area contributed by atoms with Crippen molar-refractivity contribution >= 4 is 0 Å². The Kier molecular flexibility index (Phi) is 4.58. The third kappa shape index (κ3) is 3.02. The van der Waals surface area contributed by atoms with E-state index in [0.717, 1.165) is 37.5 Å². The summed E-state index contributed by atoms with van der Waals surface area (Å²) >= 11 is 0. The minimum absolute atomic E-state index is 0.124. The Morgan fingerprint density at radius 1 is 1.33 bits per heavy atom. The Labute approximate surface area is 109 Å². The Bertz CT molecular complexity index is 378. The van der Waals surface area contributed by atoms with E-state index in [9.17, 15) is 5.11 Å². The zero-order chi connectivity index (χ0) is 13.0. The van der Waals surface area contributed by atoms with Crippen molar-refractivity contribution in [3.8, 4) is 5.75 Å². The lowest BCUT2D eigenvalue weighted by Crippen LogP contribution is -2.49. The van der Waals surface area contributed by atoms with Crippen LogP contribution in [0.25, 0.3) is 0 Å². The maximum atomic E-state index is 10.4. The van der Waals surface area contributed by atoms with Crippen LogP contribution in [-0.2, 0) is 0 Å². The second-order valence-electron chi connectivity index (χ2n) is 4.75. The van der Waals surface area contributed by atoms with Gasteiger partial charge in [0.05, 0.1) is 13.2 Å². The van der Waals surface area contributed by atoms with Gasteiger partial charge in [0, 0.05) is 32.2 Å². The van der Waals surface area contributed by atoms with Crippen LogP contribution in [0.5, 0.6) is 5.75 Å².